The SMILES string of the molecule is CC(C)n1c(CNC(=O)C2(c3ccc(Br)cc3)CCOCC2)n[nH]c1=S. The van der Waals surface area contributed by atoms with Crippen LogP contribution < -0.4 is 5.32 Å². The van der Waals surface area contributed by atoms with Gasteiger partial charge in [-0.3, -0.25) is 9.89 Å². The number of hydrogen-bond acceptors (Lipinski definition) is 4. The molecule has 2 heterocycles. The minimum absolute atomic E-state index is 0.00680. The maximum Gasteiger partial charge on any atom is 0.231 e. The maximum absolute atomic E-state index is 13.2. The van der Waals surface area contributed by atoms with Crippen molar-refractivity contribution >= 4 is 34.1 Å². The molecule has 140 valence electrons. The van der Waals surface area contributed by atoms with Crippen LogP contribution in [0.5, 0.6) is 0 Å². The lowest BCUT2D eigenvalue weighted by Gasteiger charge is -2.36. The number of halogens is 1. The van der Waals surface area contributed by atoms with Crippen LogP contribution in [0.25, 0.3) is 0 Å². The fraction of sp³-hybridized carbons (Fsp3) is 0.500. The zero-order valence-electron chi connectivity index (χ0n) is 14.9. The molecule has 1 aliphatic heterocycles. The van der Waals surface area contributed by atoms with Crippen molar-refractivity contribution in [3.05, 3.63) is 44.9 Å². The highest BCUT2D eigenvalue weighted by atomic mass is 79.9. The van der Waals surface area contributed by atoms with Gasteiger partial charge in [0.15, 0.2) is 10.6 Å². The number of hydrogen-bond donors (Lipinski definition) is 2. The number of rotatable bonds is 5. The van der Waals surface area contributed by atoms with Crippen molar-refractivity contribution in [1.82, 2.24) is 20.1 Å². The molecule has 1 aromatic heterocycles. The summed E-state index contributed by atoms with van der Waals surface area (Å²) in [6, 6.07) is 8.16. The number of nitrogens with one attached hydrogen (secondary N) is 2. The topological polar surface area (TPSA) is 71.9 Å². The number of amides is 1. The van der Waals surface area contributed by atoms with Crippen molar-refractivity contribution in [3.8, 4) is 0 Å². The van der Waals surface area contributed by atoms with Crippen LogP contribution in [0, 0.1) is 4.77 Å². The van der Waals surface area contributed by atoms with Gasteiger partial charge in [0.1, 0.15) is 0 Å². The molecule has 1 aliphatic rings. The average Bonchev–Trinajstić information content (AvgIpc) is 3.01. The van der Waals surface area contributed by atoms with E-state index < -0.39 is 5.41 Å². The molecule has 8 heteroatoms. The molecule has 1 amide bonds. The molecule has 0 radical (unpaired) electrons. The summed E-state index contributed by atoms with van der Waals surface area (Å²) >= 11 is 8.74. The molecule has 0 aliphatic carbocycles. The van der Waals surface area contributed by atoms with Crippen LogP contribution in [0.3, 0.4) is 0 Å². The molecular weight excluding hydrogens is 416 g/mol. The first-order chi connectivity index (χ1) is 12.4. The first-order valence-corrected chi connectivity index (χ1v) is 9.92. The van der Waals surface area contributed by atoms with Gasteiger partial charge in [-0.15, -0.1) is 0 Å². The maximum atomic E-state index is 13.2. The molecule has 6 nitrogen and oxygen atoms in total. The molecule has 0 atom stereocenters. The van der Waals surface area contributed by atoms with Gasteiger partial charge in [-0.05, 0) is 56.6 Å². The van der Waals surface area contributed by atoms with Crippen LogP contribution in [-0.4, -0.2) is 33.9 Å². The number of aromatic nitrogens is 3. The molecule has 1 aromatic carbocycles. The molecule has 1 saturated heterocycles. The highest BCUT2D eigenvalue weighted by Crippen LogP contribution is 2.35. The normalized spacial score (nSPS) is 16.6. The third-order valence-corrected chi connectivity index (χ3v) is 5.70. The Morgan fingerprint density at radius 1 is 1.38 bits per heavy atom. The van der Waals surface area contributed by atoms with E-state index in [1.807, 2.05) is 42.7 Å². The average molecular weight is 439 g/mol. The number of aromatic amines is 1. The monoisotopic (exact) mass is 438 g/mol. The first kappa shape index (κ1) is 19.3. The second-order valence-electron chi connectivity index (χ2n) is 6.79. The minimum Gasteiger partial charge on any atom is -0.381 e. The highest BCUT2D eigenvalue weighted by Gasteiger charge is 2.41. The third-order valence-electron chi connectivity index (χ3n) is 4.88. The summed E-state index contributed by atoms with van der Waals surface area (Å²) in [4.78, 5) is 13.2. The van der Waals surface area contributed by atoms with Crippen LogP contribution in [0.1, 0.15) is 44.1 Å². The van der Waals surface area contributed by atoms with E-state index in [-0.39, 0.29) is 11.9 Å². The van der Waals surface area contributed by atoms with Crippen molar-refractivity contribution in [3.63, 3.8) is 0 Å². The standard InChI is InChI=1S/C18H23BrN4O2S/c1-12(2)23-15(21-22-17(23)26)11-20-16(24)18(7-9-25-10-8-18)13-3-5-14(19)6-4-13/h3-6,12H,7-11H2,1-2H3,(H,20,24)(H,22,26). The van der Waals surface area contributed by atoms with E-state index in [1.54, 1.807) is 0 Å². The molecule has 0 spiro atoms. The number of carbonyl (C=O) groups excluding carboxylic acids is 1. The lowest BCUT2D eigenvalue weighted by atomic mass is 9.73. The zero-order chi connectivity index (χ0) is 18.7. The molecule has 0 unspecified atom stereocenters. The van der Waals surface area contributed by atoms with Crippen molar-refractivity contribution in [2.75, 3.05) is 13.2 Å². The number of ether oxygens (including phenoxy) is 1. The third kappa shape index (κ3) is 3.77. The van der Waals surface area contributed by atoms with Crippen molar-refractivity contribution in [1.29, 1.82) is 0 Å². The van der Waals surface area contributed by atoms with Gasteiger partial charge in [-0.1, -0.05) is 28.1 Å². The summed E-state index contributed by atoms with van der Waals surface area (Å²) in [7, 11) is 0. The Morgan fingerprint density at radius 3 is 2.65 bits per heavy atom. The smallest absolute Gasteiger partial charge is 0.231 e. The molecule has 0 saturated carbocycles. The summed E-state index contributed by atoms with van der Waals surface area (Å²) in [6.45, 7) is 5.57. The zero-order valence-corrected chi connectivity index (χ0v) is 17.3. The number of H-pyrrole nitrogens is 1. The van der Waals surface area contributed by atoms with Gasteiger partial charge < -0.3 is 14.6 Å². The highest BCUT2D eigenvalue weighted by molar-refractivity contribution is 9.10. The van der Waals surface area contributed by atoms with E-state index in [4.69, 9.17) is 17.0 Å². The first-order valence-electron chi connectivity index (χ1n) is 8.72. The van der Waals surface area contributed by atoms with Gasteiger partial charge in [-0.2, -0.15) is 5.10 Å². The van der Waals surface area contributed by atoms with E-state index in [0.29, 0.717) is 37.4 Å². The molecule has 2 N–H and O–H groups in total. The minimum atomic E-state index is -0.575. The second-order valence-corrected chi connectivity index (χ2v) is 8.10. The van der Waals surface area contributed by atoms with E-state index in [2.05, 4.69) is 31.4 Å². The largest absolute Gasteiger partial charge is 0.381 e. The Hall–Kier alpha value is -1.51. The lowest BCUT2D eigenvalue weighted by Crippen LogP contribution is -2.48. The van der Waals surface area contributed by atoms with E-state index in [0.717, 1.165) is 15.9 Å². The van der Waals surface area contributed by atoms with Crippen LogP contribution in [0.2, 0.25) is 0 Å². The van der Waals surface area contributed by atoms with Gasteiger partial charge >= 0.3 is 0 Å². The summed E-state index contributed by atoms with van der Waals surface area (Å²) in [6.07, 6.45) is 1.33. The van der Waals surface area contributed by atoms with Crippen molar-refractivity contribution < 1.29 is 9.53 Å². The van der Waals surface area contributed by atoms with Crippen LogP contribution >= 0.6 is 28.1 Å². The predicted octanol–water partition coefficient (Wildman–Crippen LogP) is 3.65. The molecule has 0 bridgehead atoms. The second kappa shape index (κ2) is 8.02. The van der Waals surface area contributed by atoms with Gasteiger partial charge in [0, 0.05) is 23.7 Å². The van der Waals surface area contributed by atoms with Crippen LogP contribution in [0.4, 0.5) is 0 Å². The quantitative estimate of drug-likeness (QED) is 0.698. The van der Waals surface area contributed by atoms with Crippen LogP contribution in [0.15, 0.2) is 28.7 Å². The van der Waals surface area contributed by atoms with E-state index >= 15 is 0 Å². The van der Waals surface area contributed by atoms with Gasteiger partial charge in [-0.25, -0.2) is 0 Å². The van der Waals surface area contributed by atoms with E-state index in [1.165, 1.54) is 0 Å². The number of carbonyl (C=O) groups is 1. The fourth-order valence-electron chi connectivity index (χ4n) is 3.46. The Morgan fingerprint density at radius 2 is 2.04 bits per heavy atom. The molecule has 26 heavy (non-hydrogen) atoms. The summed E-state index contributed by atoms with van der Waals surface area (Å²) in [5.41, 5.74) is 0.443. The Balaban J connectivity index is 1.83. The number of nitrogens with zero attached hydrogens (tertiary/aromatic N) is 2. The summed E-state index contributed by atoms with van der Waals surface area (Å²) < 4.78 is 9.00. The predicted molar refractivity (Wildman–Crippen MR) is 106 cm³/mol. The van der Waals surface area contributed by atoms with E-state index in [9.17, 15) is 4.79 Å². The molecule has 1 fully saturated rings. The molecule has 2 aromatic rings. The van der Waals surface area contributed by atoms with Gasteiger partial charge in [0.05, 0.1) is 12.0 Å². The molecular formula is C18H23BrN4O2S. The number of benzene rings is 1. The lowest BCUT2D eigenvalue weighted by molar-refractivity contribution is -0.130. The van der Waals surface area contributed by atoms with Gasteiger partial charge in [0.2, 0.25) is 5.91 Å². The molecule has 3 rings (SSSR count). The Labute approximate surface area is 166 Å². The van der Waals surface area contributed by atoms with Crippen molar-refractivity contribution in [2.45, 2.75) is 44.7 Å². The Kier molecular flexibility index (Phi) is 5.94. The van der Waals surface area contributed by atoms with Crippen molar-refractivity contribution in [2.24, 2.45) is 0 Å². The van der Waals surface area contributed by atoms with Gasteiger partial charge in [0.25, 0.3) is 0 Å². The van der Waals surface area contributed by atoms with Crippen LogP contribution in [-0.2, 0) is 21.5 Å². The fourth-order valence-corrected chi connectivity index (χ4v) is 4.08. The summed E-state index contributed by atoms with van der Waals surface area (Å²) in [5, 5.41) is 10.1. The summed E-state index contributed by atoms with van der Waals surface area (Å²) in [5.74, 6) is 0.740. The Bertz CT molecular complexity index is 822.